The molecular weight excluding hydrogens is 435 g/mol. The maximum atomic E-state index is 13.2. The van der Waals surface area contributed by atoms with Crippen molar-refractivity contribution in [1.29, 1.82) is 5.26 Å². The van der Waals surface area contributed by atoms with Crippen molar-refractivity contribution in [2.75, 3.05) is 0 Å². The molecule has 1 unspecified atom stereocenters. The highest BCUT2D eigenvalue weighted by molar-refractivity contribution is 6.35. The van der Waals surface area contributed by atoms with E-state index in [1.54, 1.807) is 0 Å². The van der Waals surface area contributed by atoms with E-state index in [0.717, 1.165) is 13.9 Å². The summed E-state index contributed by atoms with van der Waals surface area (Å²) in [5.74, 6) is -0.216. The Morgan fingerprint density at radius 1 is 1.10 bits per heavy atom. The van der Waals surface area contributed by atoms with Crippen LogP contribution in [0.25, 0.3) is 11.5 Å². The maximum absolute atomic E-state index is 13.2. The molecule has 150 valence electrons. The molecule has 0 spiro atoms. The van der Waals surface area contributed by atoms with E-state index in [4.69, 9.17) is 28.9 Å². The first-order valence-corrected chi connectivity index (χ1v) is 9.08. The Morgan fingerprint density at radius 2 is 1.77 bits per heavy atom. The lowest BCUT2D eigenvalue weighted by molar-refractivity contribution is -0.384. The number of halogens is 2. The lowest BCUT2D eigenvalue weighted by atomic mass is 10.0. The van der Waals surface area contributed by atoms with Crippen molar-refractivity contribution in [3.05, 3.63) is 94.7 Å². The van der Waals surface area contributed by atoms with Crippen LogP contribution < -0.4 is 17.1 Å². The van der Waals surface area contributed by atoms with Crippen molar-refractivity contribution in [2.45, 2.75) is 6.04 Å². The summed E-state index contributed by atoms with van der Waals surface area (Å²) in [5, 5.41) is 20.9. The Hall–Kier alpha value is -3.81. The largest absolute Gasteiger partial charge is 0.383 e. The predicted molar refractivity (Wildman–Crippen MR) is 109 cm³/mol. The Bertz CT molecular complexity index is 1410. The zero-order chi connectivity index (χ0) is 21.7. The Labute approximate surface area is 177 Å². The average Bonchev–Trinajstić information content (AvgIpc) is 3.14. The van der Waals surface area contributed by atoms with Crippen LogP contribution in [0.3, 0.4) is 0 Å². The van der Waals surface area contributed by atoms with Gasteiger partial charge in [-0.1, -0.05) is 23.2 Å². The fraction of sp³-hybridized carbons (Fsp3) is 0.0556. The van der Waals surface area contributed by atoms with E-state index in [9.17, 15) is 25.0 Å². The molecule has 30 heavy (non-hydrogen) atoms. The lowest BCUT2D eigenvalue weighted by Gasteiger charge is -2.12. The molecule has 0 bridgehead atoms. The second kappa shape index (κ2) is 6.91. The van der Waals surface area contributed by atoms with Crippen LogP contribution in [0.2, 0.25) is 10.0 Å². The third-order valence-corrected chi connectivity index (χ3v) is 5.23. The number of hydrogen-bond acceptors (Lipinski definition) is 6. The molecule has 2 heterocycles. The van der Waals surface area contributed by atoms with Gasteiger partial charge in [0.2, 0.25) is 0 Å². The number of rotatable bonds is 3. The first kappa shape index (κ1) is 19.5. The number of nitriles is 1. The summed E-state index contributed by atoms with van der Waals surface area (Å²) in [5.41, 5.74) is 4.67. The number of fused-ring (bicyclic) bond motifs is 1. The number of hydrogen-bond donors (Lipinski definition) is 1. The minimum Gasteiger partial charge on any atom is -0.383 e. The van der Waals surface area contributed by atoms with Crippen molar-refractivity contribution in [3.8, 4) is 11.8 Å². The molecule has 1 aliphatic rings. The van der Waals surface area contributed by atoms with E-state index in [0.29, 0.717) is 10.6 Å². The summed E-state index contributed by atoms with van der Waals surface area (Å²) in [7, 11) is 0. The predicted octanol–water partition coefficient (Wildman–Crippen LogP) is 2.27. The van der Waals surface area contributed by atoms with Gasteiger partial charge in [0.15, 0.2) is 0 Å². The van der Waals surface area contributed by atoms with Crippen molar-refractivity contribution in [1.82, 2.24) is 13.9 Å². The van der Waals surface area contributed by atoms with Crippen LogP contribution in [-0.4, -0.2) is 18.9 Å². The highest BCUT2D eigenvalue weighted by Crippen LogP contribution is 2.33. The molecule has 0 amide bonds. The van der Waals surface area contributed by atoms with E-state index in [1.807, 2.05) is 6.07 Å². The summed E-state index contributed by atoms with van der Waals surface area (Å²) < 4.78 is 2.72. The van der Waals surface area contributed by atoms with E-state index in [1.165, 1.54) is 42.5 Å². The summed E-state index contributed by atoms with van der Waals surface area (Å²) >= 11 is 12.0. The van der Waals surface area contributed by atoms with Crippen LogP contribution in [0.15, 0.2) is 57.6 Å². The molecule has 1 aliphatic heterocycles. The first-order valence-electron chi connectivity index (χ1n) is 8.32. The van der Waals surface area contributed by atoms with Crippen molar-refractivity contribution in [2.24, 2.45) is 5.73 Å². The van der Waals surface area contributed by atoms with E-state index in [-0.39, 0.29) is 27.8 Å². The number of nitrogens with two attached hydrogens (primary N) is 1. The number of allylic oxidation sites excluding steroid dienone is 1. The van der Waals surface area contributed by atoms with Crippen molar-refractivity contribution < 1.29 is 4.92 Å². The molecule has 4 rings (SSSR count). The fourth-order valence-electron chi connectivity index (χ4n) is 3.35. The highest BCUT2D eigenvalue weighted by atomic mass is 35.5. The molecule has 2 aromatic carbocycles. The van der Waals surface area contributed by atoms with Gasteiger partial charge in [-0.15, -0.1) is 0 Å². The van der Waals surface area contributed by atoms with Gasteiger partial charge in [-0.25, -0.2) is 18.8 Å². The summed E-state index contributed by atoms with van der Waals surface area (Å²) in [4.78, 5) is 36.6. The molecule has 0 aliphatic carbocycles. The van der Waals surface area contributed by atoms with Crippen molar-refractivity contribution in [3.63, 3.8) is 0 Å². The van der Waals surface area contributed by atoms with Gasteiger partial charge in [-0.2, -0.15) is 9.94 Å². The molecule has 3 aromatic rings. The molecule has 1 aromatic heterocycles. The van der Waals surface area contributed by atoms with Gasteiger partial charge in [0.1, 0.15) is 23.5 Å². The molecule has 12 heteroatoms. The van der Waals surface area contributed by atoms with Gasteiger partial charge in [-0.3, -0.25) is 10.1 Å². The third-order valence-electron chi connectivity index (χ3n) is 4.69. The molecule has 0 saturated carbocycles. The summed E-state index contributed by atoms with van der Waals surface area (Å²) in [6.07, 6.45) is 0. The SMILES string of the molecule is N#CC1=C(N)n2c(=O)n(-c3ccc(Cl)cc3Cl)c(=O)n2C1c1ccc([N+](=O)[O-])cc1. The minimum atomic E-state index is -1.04. The number of benzene rings is 2. The first-order chi connectivity index (χ1) is 14.3. The summed E-state index contributed by atoms with van der Waals surface area (Å²) in [6, 6.07) is 10.4. The normalized spacial score (nSPS) is 15.2. The Balaban J connectivity index is 1.98. The smallest absolute Gasteiger partial charge is 0.358 e. The van der Waals surface area contributed by atoms with Crippen LogP contribution in [0.1, 0.15) is 11.6 Å². The molecule has 10 nitrogen and oxygen atoms in total. The zero-order valence-corrected chi connectivity index (χ0v) is 16.3. The van der Waals surface area contributed by atoms with E-state index >= 15 is 0 Å². The number of non-ortho nitro benzene ring substituents is 1. The molecule has 0 fully saturated rings. The number of nitrogens with zero attached hydrogens (tertiary/aromatic N) is 5. The highest BCUT2D eigenvalue weighted by Gasteiger charge is 2.37. The number of nitro benzene ring substituents is 1. The molecule has 2 N–H and O–H groups in total. The van der Waals surface area contributed by atoms with Crippen molar-refractivity contribution >= 4 is 34.7 Å². The van der Waals surface area contributed by atoms with Crippen LogP contribution in [0.5, 0.6) is 0 Å². The quantitative estimate of drug-likeness (QED) is 0.484. The lowest BCUT2D eigenvalue weighted by Crippen LogP contribution is -2.30. The number of nitro groups is 1. The zero-order valence-electron chi connectivity index (χ0n) is 14.8. The molecule has 0 radical (unpaired) electrons. The standard InChI is InChI=1S/C18H10Cl2N6O4/c19-10-3-6-14(13(20)7-10)23-17(27)24-15(9-1-4-11(5-2-9)26(29)30)12(8-21)16(22)25(24)18(23)28/h1-7,15H,22H2. The monoisotopic (exact) mass is 444 g/mol. The van der Waals surface area contributed by atoms with Crippen LogP contribution in [0, 0.1) is 21.4 Å². The van der Waals surface area contributed by atoms with Gasteiger partial charge < -0.3 is 5.73 Å². The van der Waals surface area contributed by atoms with Gasteiger partial charge in [0.05, 0.1) is 15.6 Å². The Morgan fingerprint density at radius 3 is 2.33 bits per heavy atom. The second-order valence-corrected chi connectivity index (χ2v) is 7.16. The van der Waals surface area contributed by atoms with E-state index < -0.39 is 22.3 Å². The van der Waals surface area contributed by atoms with E-state index in [2.05, 4.69) is 0 Å². The molecule has 0 saturated heterocycles. The van der Waals surface area contributed by atoms with Gasteiger partial charge in [0, 0.05) is 17.2 Å². The van der Waals surface area contributed by atoms with Gasteiger partial charge in [0.25, 0.3) is 5.69 Å². The number of aromatic nitrogens is 3. The second-order valence-electron chi connectivity index (χ2n) is 6.31. The minimum absolute atomic E-state index is 0.0348. The molecular formula is C18H10Cl2N6O4. The van der Waals surface area contributed by atoms with Crippen LogP contribution in [-0.2, 0) is 0 Å². The fourth-order valence-corrected chi connectivity index (χ4v) is 3.84. The Kier molecular flexibility index (Phi) is 4.49. The van der Waals surface area contributed by atoms with Crippen LogP contribution >= 0.6 is 23.2 Å². The van der Waals surface area contributed by atoms with Gasteiger partial charge >= 0.3 is 11.4 Å². The third kappa shape index (κ3) is 2.72. The maximum Gasteiger partial charge on any atom is 0.358 e. The summed E-state index contributed by atoms with van der Waals surface area (Å²) in [6.45, 7) is 0. The average molecular weight is 445 g/mol. The van der Waals surface area contributed by atoms with Gasteiger partial charge in [-0.05, 0) is 35.9 Å². The topological polar surface area (TPSA) is 142 Å². The van der Waals surface area contributed by atoms with Crippen LogP contribution in [0.4, 0.5) is 5.69 Å². The molecule has 1 atom stereocenters.